The van der Waals surface area contributed by atoms with E-state index in [9.17, 15) is 4.79 Å². The van der Waals surface area contributed by atoms with E-state index in [0.717, 1.165) is 0 Å². The molecule has 0 aliphatic carbocycles. The molecule has 0 spiro atoms. The number of halogens is 1. The number of allylic oxidation sites excluding steroid dienone is 1. The van der Waals surface area contributed by atoms with Crippen molar-refractivity contribution in [1.82, 2.24) is 4.98 Å². The number of benzene rings is 1. The van der Waals surface area contributed by atoms with E-state index in [4.69, 9.17) is 22.1 Å². The Labute approximate surface area is 137 Å². The number of nitriles is 2. The highest BCUT2D eigenvalue weighted by molar-refractivity contribution is 6.33. The Morgan fingerprint density at radius 2 is 1.83 bits per heavy atom. The Kier molecular flexibility index (Phi) is 5.30. The summed E-state index contributed by atoms with van der Waals surface area (Å²) in [4.78, 5) is 16.1. The highest BCUT2D eigenvalue weighted by atomic mass is 35.5. The minimum Gasteiger partial charge on any atom is -0.358 e. The maximum Gasteiger partial charge on any atom is 0.258 e. The van der Waals surface area contributed by atoms with Crippen LogP contribution in [0.3, 0.4) is 0 Å². The summed E-state index contributed by atoms with van der Waals surface area (Å²) in [5.41, 5.74) is 1.17. The highest BCUT2D eigenvalue weighted by Gasteiger charge is 2.12. The number of anilines is 2. The van der Waals surface area contributed by atoms with Crippen LogP contribution in [0.1, 0.15) is 10.4 Å². The molecular formula is C16H10ClN5O. The summed E-state index contributed by atoms with van der Waals surface area (Å²) in [5, 5.41) is 23.1. The van der Waals surface area contributed by atoms with Gasteiger partial charge in [0.1, 0.15) is 22.9 Å². The first kappa shape index (κ1) is 16.0. The summed E-state index contributed by atoms with van der Waals surface area (Å²) in [6.45, 7) is 0. The molecule has 2 rings (SSSR count). The molecule has 0 bridgehead atoms. The van der Waals surface area contributed by atoms with Gasteiger partial charge in [0, 0.05) is 12.4 Å². The number of nitrogens with zero attached hydrogens (tertiary/aromatic N) is 3. The number of aromatic nitrogens is 1. The molecule has 2 aromatic rings. The van der Waals surface area contributed by atoms with E-state index in [0.29, 0.717) is 11.4 Å². The van der Waals surface area contributed by atoms with E-state index >= 15 is 0 Å². The lowest BCUT2D eigenvalue weighted by atomic mass is 10.2. The fourth-order valence-electron chi connectivity index (χ4n) is 1.70. The molecule has 0 radical (unpaired) electrons. The molecule has 0 saturated heterocycles. The fraction of sp³-hybridized carbons (Fsp3) is 0. The van der Waals surface area contributed by atoms with Gasteiger partial charge in [-0.05, 0) is 24.3 Å². The van der Waals surface area contributed by atoms with Gasteiger partial charge in [-0.3, -0.25) is 4.79 Å². The molecule has 1 aromatic carbocycles. The standard InChI is InChI=1S/C16H10ClN5O/c17-15-12(4-3-7-20-15)16(23)22-14-6-2-1-5-13(14)21-10-11(8-18)9-19/h1-7,10,21H,(H,22,23). The Morgan fingerprint density at radius 3 is 2.48 bits per heavy atom. The number of para-hydroxylation sites is 2. The number of carbonyl (C=O) groups is 1. The average Bonchev–Trinajstić information content (AvgIpc) is 2.57. The van der Waals surface area contributed by atoms with Crippen LogP contribution in [0.2, 0.25) is 5.15 Å². The zero-order valence-corrected chi connectivity index (χ0v) is 12.5. The van der Waals surface area contributed by atoms with E-state index < -0.39 is 5.91 Å². The van der Waals surface area contributed by atoms with Crippen LogP contribution in [0.5, 0.6) is 0 Å². The zero-order chi connectivity index (χ0) is 16.7. The molecule has 1 heterocycles. The van der Waals surface area contributed by atoms with E-state index in [2.05, 4.69) is 15.6 Å². The molecule has 1 amide bonds. The SMILES string of the molecule is N#CC(C#N)=CNc1ccccc1NC(=O)c1cccnc1Cl. The topological polar surface area (TPSA) is 102 Å². The van der Waals surface area contributed by atoms with Crippen LogP contribution >= 0.6 is 11.6 Å². The number of amides is 1. The number of hydrogen-bond donors (Lipinski definition) is 2. The van der Waals surface area contributed by atoms with E-state index in [1.54, 1.807) is 48.5 Å². The van der Waals surface area contributed by atoms with Crippen LogP contribution in [0.25, 0.3) is 0 Å². The molecule has 112 valence electrons. The van der Waals surface area contributed by atoms with Crippen molar-refractivity contribution in [3.8, 4) is 12.1 Å². The van der Waals surface area contributed by atoms with Gasteiger partial charge < -0.3 is 10.6 Å². The van der Waals surface area contributed by atoms with Crippen LogP contribution < -0.4 is 10.6 Å². The Balaban J connectivity index is 2.23. The van der Waals surface area contributed by atoms with Gasteiger partial charge in [-0.25, -0.2) is 4.98 Å². The normalized spacial score (nSPS) is 9.17. The maximum atomic E-state index is 12.3. The lowest BCUT2D eigenvalue weighted by Crippen LogP contribution is -2.14. The Morgan fingerprint density at radius 1 is 1.13 bits per heavy atom. The lowest BCUT2D eigenvalue weighted by Gasteiger charge is -2.11. The van der Waals surface area contributed by atoms with Crippen molar-refractivity contribution in [2.75, 3.05) is 10.6 Å². The minimum absolute atomic E-state index is 0.0820. The van der Waals surface area contributed by atoms with E-state index in [1.807, 2.05) is 0 Å². The number of carbonyl (C=O) groups excluding carboxylic acids is 1. The summed E-state index contributed by atoms with van der Waals surface area (Å²) < 4.78 is 0. The van der Waals surface area contributed by atoms with Crippen molar-refractivity contribution in [3.63, 3.8) is 0 Å². The third kappa shape index (κ3) is 4.07. The molecule has 0 fully saturated rings. The minimum atomic E-state index is -0.415. The first-order chi connectivity index (χ1) is 11.2. The third-order valence-corrected chi connectivity index (χ3v) is 3.09. The largest absolute Gasteiger partial charge is 0.358 e. The molecule has 6 nitrogen and oxygen atoms in total. The molecule has 0 unspecified atom stereocenters. The molecular weight excluding hydrogens is 314 g/mol. The van der Waals surface area contributed by atoms with Gasteiger partial charge in [0.2, 0.25) is 0 Å². The van der Waals surface area contributed by atoms with Crippen molar-refractivity contribution >= 4 is 28.9 Å². The monoisotopic (exact) mass is 323 g/mol. The predicted molar refractivity (Wildman–Crippen MR) is 86.6 cm³/mol. The van der Waals surface area contributed by atoms with Crippen molar-refractivity contribution in [3.05, 3.63) is 65.1 Å². The summed E-state index contributed by atoms with van der Waals surface area (Å²) in [6, 6.07) is 13.5. The van der Waals surface area contributed by atoms with Crippen LogP contribution in [0.4, 0.5) is 11.4 Å². The number of pyridine rings is 1. The van der Waals surface area contributed by atoms with Crippen LogP contribution in [0.15, 0.2) is 54.4 Å². The molecule has 0 aliphatic heterocycles. The number of nitrogens with one attached hydrogen (secondary N) is 2. The molecule has 0 saturated carbocycles. The summed E-state index contributed by atoms with van der Waals surface area (Å²) in [6.07, 6.45) is 2.76. The van der Waals surface area contributed by atoms with Gasteiger partial charge in [0.15, 0.2) is 0 Å². The van der Waals surface area contributed by atoms with Gasteiger partial charge in [-0.15, -0.1) is 0 Å². The van der Waals surface area contributed by atoms with Gasteiger partial charge in [0.25, 0.3) is 5.91 Å². The average molecular weight is 324 g/mol. The molecule has 0 atom stereocenters. The molecule has 0 aliphatic rings. The molecule has 23 heavy (non-hydrogen) atoms. The Hall–Kier alpha value is -3.35. The summed E-state index contributed by atoms with van der Waals surface area (Å²) >= 11 is 5.90. The quantitative estimate of drug-likeness (QED) is 0.663. The smallest absolute Gasteiger partial charge is 0.258 e. The van der Waals surface area contributed by atoms with Crippen molar-refractivity contribution < 1.29 is 4.79 Å². The molecule has 7 heteroatoms. The van der Waals surface area contributed by atoms with Crippen molar-refractivity contribution in [1.29, 1.82) is 10.5 Å². The van der Waals surface area contributed by atoms with Crippen molar-refractivity contribution in [2.45, 2.75) is 0 Å². The highest BCUT2D eigenvalue weighted by Crippen LogP contribution is 2.23. The van der Waals surface area contributed by atoms with E-state index in [-0.39, 0.29) is 16.3 Å². The fourth-order valence-corrected chi connectivity index (χ4v) is 1.91. The Bertz CT molecular complexity index is 832. The zero-order valence-electron chi connectivity index (χ0n) is 11.7. The first-order valence-electron chi connectivity index (χ1n) is 6.43. The third-order valence-electron chi connectivity index (χ3n) is 2.79. The maximum absolute atomic E-state index is 12.3. The van der Waals surface area contributed by atoms with Crippen LogP contribution in [-0.4, -0.2) is 10.9 Å². The van der Waals surface area contributed by atoms with Crippen LogP contribution in [0, 0.1) is 22.7 Å². The second-order valence-electron chi connectivity index (χ2n) is 4.27. The van der Waals surface area contributed by atoms with Crippen molar-refractivity contribution in [2.24, 2.45) is 0 Å². The first-order valence-corrected chi connectivity index (χ1v) is 6.81. The predicted octanol–water partition coefficient (Wildman–Crippen LogP) is 3.33. The summed E-state index contributed by atoms with van der Waals surface area (Å²) in [5.74, 6) is -0.415. The van der Waals surface area contributed by atoms with Gasteiger partial charge in [0.05, 0.1) is 16.9 Å². The van der Waals surface area contributed by atoms with E-state index in [1.165, 1.54) is 12.4 Å². The second-order valence-corrected chi connectivity index (χ2v) is 4.63. The van der Waals surface area contributed by atoms with Gasteiger partial charge in [-0.1, -0.05) is 23.7 Å². The molecule has 1 aromatic heterocycles. The lowest BCUT2D eigenvalue weighted by molar-refractivity contribution is 0.102. The number of hydrogen-bond acceptors (Lipinski definition) is 5. The second kappa shape index (κ2) is 7.60. The van der Waals surface area contributed by atoms with Gasteiger partial charge in [-0.2, -0.15) is 10.5 Å². The molecule has 2 N–H and O–H groups in total. The van der Waals surface area contributed by atoms with Crippen LogP contribution in [-0.2, 0) is 0 Å². The summed E-state index contributed by atoms with van der Waals surface area (Å²) in [7, 11) is 0. The number of rotatable bonds is 4. The van der Waals surface area contributed by atoms with Gasteiger partial charge >= 0.3 is 0 Å².